The summed E-state index contributed by atoms with van der Waals surface area (Å²) in [4.78, 5) is 9.18. The summed E-state index contributed by atoms with van der Waals surface area (Å²) >= 11 is 0. The second-order valence-electron chi connectivity index (χ2n) is 6.37. The molecule has 0 saturated carbocycles. The van der Waals surface area contributed by atoms with Crippen molar-refractivity contribution in [1.82, 2.24) is 9.97 Å². The standard InChI is InChI=1S/C20H30N4/c1-4-6-7-11-14-17(5-2)22-20-23-18(15(3)19(21)24-20)16-12-9-8-10-13-16/h8-10,12-13,17H,4-7,11,14H2,1-3H3,(H3,21,22,23,24). The summed E-state index contributed by atoms with van der Waals surface area (Å²) in [7, 11) is 0. The van der Waals surface area contributed by atoms with Crippen LogP contribution in [0.3, 0.4) is 0 Å². The van der Waals surface area contributed by atoms with E-state index in [0.29, 0.717) is 17.8 Å². The Bertz CT molecular complexity index is 625. The van der Waals surface area contributed by atoms with Gasteiger partial charge in [0.25, 0.3) is 0 Å². The molecule has 0 aliphatic rings. The highest BCUT2D eigenvalue weighted by Gasteiger charge is 2.13. The molecule has 1 aromatic carbocycles. The van der Waals surface area contributed by atoms with E-state index in [1.54, 1.807) is 0 Å². The minimum Gasteiger partial charge on any atom is -0.383 e. The summed E-state index contributed by atoms with van der Waals surface area (Å²) in [5, 5.41) is 3.48. The fourth-order valence-corrected chi connectivity index (χ4v) is 2.85. The second-order valence-corrected chi connectivity index (χ2v) is 6.37. The molecule has 0 aliphatic carbocycles. The van der Waals surface area contributed by atoms with Crippen molar-refractivity contribution in [3.05, 3.63) is 35.9 Å². The Morgan fingerprint density at radius 3 is 2.46 bits per heavy atom. The number of hydrogen-bond acceptors (Lipinski definition) is 4. The topological polar surface area (TPSA) is 63.8 Å². The first-order valence-corrected chi connectivity index (χ1v) is 9.11. The van der Waals surface area contributed by atoms with Crippen molar-refractivity contribution in [2.24, 2.45) is 0 Å². The van der Waals surface area contributed by atoms with Gasteiger partial charge >= 0.3 is 0 Å². The van der Waals surface area contributed by atoms with Gasteiger partial charge in [-0.15, -0.1) is 0 Å². The third kappa shape index (κ3) is 4.95. The lowest BCUT2D eigenvalue weighted by molar-refractivity contribution is 0.558. The van der Waals surface area contributed by atoms with Gasteiger partial charge in [-0.2, -0.15) is 4.98 Å². The molecule has 4 heteroatoms. The lowest BCUT2D eigenvalue weighted by Crippen LogP contribution is -2.20. The molecule has 130 valence electrons. The normalized spacial score (nSPS) is 12.1. The molecule has 1 aromatic heterocycles. The van der Waals surface area contributed by atoms with Crippen molar-refractivity contribution in [2.75, 3.05) is 11.1 Å². The van der Waals surface area contributed by atoms with Gasteiger partial charge in [-0.25, -0.2) is 4.98 Å². The molecule has 0 saturated heterocycles. The summed E-state index contributed by atoms with van der Waals surface area (Å²) < 4.78 is 0. The van der Waals surface area contributed by atoms with Crippen LogP contribution in [0.15, 0.2) is 30.3 Å². The number of nitrogens with one attached hydrogen (secondary N) is 1. The van der Waals surface area contributed by atoms with E-state index < -0.39 is 0 Å². The predicted molar refractivity (Wildman–Crippen MR) is 103 cm³/mol. The highest BCUT2D eigenvalue weighted by Crippen LogP contribution is 2.26. The van der Waals surface area contributed by atoms with Crippen LogP contribution < -0.4 is 11.1 Å². The molecule has 0 radical (unpaired) electrons. The van der Waals surface area contributed by atoms with Gasteiger partial charge in [0.1, 0.15) is 5.82 Å². The maximum atomic E-state index is 6.12. The number of nitrogens with zero attached hydrogens (tertiary/aromatic N) is 2. The molecule has 1 atom stereocenters. The Morgan fingerprint density at radius 1 is 1.04 bits per heavy atom. The van der Waals surface area contributed by atoms with E-state index in [9.17, 15) is 0 Å². The number of aromatic nitrogens is 2. The van der Waals surface area contributed by atoms with Gasteiger partial charge in [-0.1, -0.05) is 69.9 Å². The summed E-state index contributed by atoms with van der Waals surface area (Å²) in [5.74, 6) is 1.19. The number of unbranched alkanes of at least 4 members (excludes halogenated alkanes) is 3. The van der Waals surface area contributed by atoms with Gasteiger partial charge in [0.15, 0.2) is 0 Å². The van der Waals surface area contributed by atoms with E-state index in [0.717, 1.165) is 29.7 Å². The molecule has 0 aliphatic heterocycles. The molecule has 0 bridgehead atoms. The van der Waals surface area contributed by atoms with Crippen LogP contribution >= 0.6 is 0 Å². The minimum absolute atomic E-state index is 0.396. The average Bonchev–Trinajstić information content (AvgIpc) is 2.61. The highest BCUT2D eigenvalue weighted by molar-refractivity contribution is 5.68. The van der Waals surface area contributed by atoms with Crippen molar-refractivity contribution in [2.45, 2.75) is 65.3 Å². The lowest BCUT2D eigenvalue weighted by Gasteiger charge is -2.18. The predicted octanol–water partition coefficient (Wildman–Crippen LogP) is 5.20. The molecule has 1 heterocycles. The van der Waals surface area contributed by atoms with E-state index in [-0.39, 0.29) is 0 Å². The Hall–Kier alpha value is -2.10. The first kappa shape index (κ1) is 18.2. The van der Waals surface area contributed by atoms with Crippen LogP contribution in [-0.4, -0.2) is 16.0 Å². The second kappa shape index (κ2) is 9.26. The Labute approximate surface area is 145 Å². The lowest BCUT2D eigenvalue weighted by atomic mass is 10.1. The van der Waals surface area contributed by atoms with Crippen LogP contribution in [0.5, 0.6) is 0 Å². The highest BCUT2D eigenvalue weighted by atomic mass is 15.1. The van der Waals surface area contributed by atoms with Gasteiger partial charge < -0.3 is 11.1 Å². The van der Waals surface area contributed by atoms with Crippen molar-refractivity contribution < 1.29 is 0 Å². The summed E-state index contributed by atoms with van der Waals surface area (Å²) in [6.07, 6.45) is 7.32. The largest absolute Gasteiger partial charge is 0.383 e. The Kier molecular flexibility index (Phi) is 7.04. The average molecular weight is 326 g/mol. The van der Waals surface area contributed by atoms with E-state index in [1.165, 1.54) is 25.7 Å². The Morgan fingerprint density at radius 2 is 1.79 bits per heavy atom. The van der Waals surface area contributed by atoms with Gasteiger partial charge in [0.2, 0.25) is 5.95 Å². The summed E-state index contributed by atoms with van der Waals surface area (Å²) in [6, 6.07) is 10.5. The third-order valence-electron chi connectivity index (χ3n) is 4.46. The number of nitrogens with two attached hydrogens (primary N) is 1. The quantitative estimate of drug-likeness (QED) is 0.622. The van der Waals surface area contributed by atoms with Crippen LogP contribution in [0.1, 0.15) is 57.9 Å². The van der Waals surface area contributed by atoms with Gasteiger partial charge in [0.05, 0.1) is 5.69 Å². The molecular formula is C20H30N4. The molecule has 0 spiro atoms. The van der Waals surface area contributed by atoms with Gasteiger partial charge in [-0.05, 0) is 19.8 Å². The maximum Gasteiger partial charge on any atom is 0.225 e. The molecule has 2 rings (SSSR count). The Balaban J connectivity index is 2.14. The molecule has 4 nitrogen and oxygen atoms in total. The maximum absolute atomic E-state index is 6.12. The number of hydrogen-bond donors (Lipinski definition) is 2. The number of nitrogen functional groups attached to an aromatic ring is 1. The minimum atomic E-state index is 0.396. The van der Waals surface area contributed by atoms with Crippen molar-refractivity contribution >= 4 is 11.8 Å². The van der Waals surface area contributed by atoms with Crippen molar-refractivity contribution in [3.63, 3.8) is 0 Å². The zero-order chi connectivity index (χ0) is 17.4. The first-order chi connectivity index (χ1) is 11.7. The number of rotatable bonds is 9. The van der Waals surface area contributed by atoms with Crippen LogP contribution in [0.4, 0.5) is 11.8 Å². The first-order valence-electron chi connectivity index (χ1n) is 9.11. The van der Waals surface area contributed by atoms with Crippen LogP contribution in [-0.2, 0) is 0 Å². The molecule has 3 N–H and O–H groups in total. The number of anilines is 2. The molecule has 24 heavy (non-hydrogen) atoms. The molecule has 0 fully saturated rings. The monoisotopic (exact) mass is 326 g/mol. The van der Waals surface area contributed by atoms with Crippen molar-refractivity contribution in [1.29, 1.82) is 0 Å². The van der Waals surface area contributed by atoms with E-state index in [4.69, 9.17) is 10.7 Å². The third-order valence-corrected chi connectivity index (χ3v) is 4.46. The fourth-order valence-electron chi connectivity index (χ4n) is 2.85. The molecular weight excluding hydrogens is 296 g/mol. The molecule has 0 amide bonds. The summed E-state index contributed by atoms with van der Waals surface area (Å²) in [5.41, 5.74) is 9.04. The van der Waals surface area contributed by atoms with Gasteiger partial charge in [-0.3, -0.25) is 0 Å². The zero-order valence-electron chi connectivity index (χ0n) is 15.2. The van der Waals surface area contributed by atoms with Crippen LogP contribution in [0, 0.1) is 6.92 Å². The molecule has 1 unspecified atom stereocenters. The fraction of sp³-hybridized carbons (Fsp3) is 0.500. The molecule has 2 aromatic rings. The van der Waals surface area contributed by atoms with Crippen molar-refractivity contribution in [3.8, 4) is 11.3 Å². The van der Waals surface area contributed by atoms with Crippen LogP contribution in [0.2, 0.25) is 0 Å². The zero-order valence-corrected chi connectivity index (χ0v) is 15.2. The van der Waals surface area contributed by atoms with Gasteiger partial charge in [0, 0.05) is 17.2 Å². The smallest absolute Gasteiger partial charge is 0.225 e. The summed E-state index contributed by atoms with van der Waals surface area (Å²) in [6.45, 7) is 6.42. The van der Waals surface area contributed by atoms with E-state index in [1.807, 2.05) is 25.1 Å². The van der Waals surface area contributed by atoms with E-state index in [2.05, 4.69) is 36.3 Å². The van der Waals surface area contributed by atoms with E-state index >= 15 is 0 Å². The SMILES string of the molecule is CCCCCCC(CC)Nc1nc(N)c(C)c(-c2ccccc2)n1. The number of benzene rings is 1. The van der Waals surface area contributed by atoms with Crippen LogP contribution in [0.25, 0.3) is 11.3 Å².